The maximum absolute atomic E-state index is 13.2. The number of ether oxygens (including phenoxy) is 1. The van der Waals surface area contributed by atoms with E-state index in [0.29, 0.717) is 11.5 Å². The van der Waals surface area contributed by atoms with Gasteiger partial charge in [0, 0.05) is 12.1 Å². The fourth-order valence-corrected chi connectivity index (χ4v) is 2.17. The molecular formula is C13H10BrClFNO. The van der Waals surface area contributed by atoms with Gasteiger partial charge in [-0.2, -0.15) is 0 Å². The van der Waals surface area contributed by atoms with E-state index in [1.54, 1.807) is 6.07 Å². The minimum atomic E-state index is -0.565. The molecule has 94 valence electrons. The van der Waals surface area contributed by atoms with Crippen molar-refractivity contribution in [1.29, 1.82) is 0 Å². The summed E-state index contributed by atoms with van der Waals surface area (Å²) in [6.07, 6.45) is 0. The minimum Gasteiger partial charge on any atom is -0.454 e. The lowest BCUT2D eigenvalue weighted by Gasteiger charge is -2.11. The molecule has 0 heterocycles. The molecule has 2 aromatic rings. The molecule has 0 atom stereocenters. The lowest BCUT2D eigenvalue weighted by molar-refractivity contribution is 0.480. The molecule has 18 heavy (non-hydrogen) atoms. The quantitative estimate of drug-likeness (QED) is 0.793. The molecule has 5 heteroatoms. The van der Waals surface area contributed by atoms with E-state index in [9.17, 15) is 4.39 Å². The van der Waals surface area contributed by atoms with Crippen LogP contribution >= 0.6 is 27.5 Å². The summed E-state index contributed by atoms with van der Waals surface area (Å²) in [6, 6.07) is 8.12. The smallest absolute Gasteiger partial charge is 0.152 e. The zero-order valence-corrected chi connectivity index (χ0v) is 11.8. The number of nitrogen functional groups attached to an aromatic ring is 1. The molecular weight excluding hydrogens is 321 g/mol. The van der Waals surface area contributed by atoms with Gasteiger partial charge in [0.2, 0.25) is 0 Å². The Hall–Kier alpha value is -1.26. The topological polar surface area (TPSA) is 35.2 Å². The fraction of sp³-hybridized carbons (Fsp3) is 0.0769. The van der Waals surface area contributed by atoms with Crippen molar-refractivity contribution in [1.82, 2.24) is 0 Å². The zero-order valence-electron chi connectivity index (χ0n) is 9.51. The maximum Gasteiger partial charge on any atom is 0.152 e. The molecule has 0 radical (unpaired) electrons. The minimum absolute atomic E-state index is 0.0255. The van der Waals surface area contributed by atoms with Gasteiger partial charge in [0.05, 0.1) is 15.2 Å². The van der Waals surface area contributed by atoms with E-state index in [4.69, 9.17) is 22.1 Å². The van der Waals surface area contributed by atoms with Crippen molar-refractivity contribution >= 4 is 33.2 Å². The van der Waals surface area contributed by atoms with E-state index in [0.717, 1.165) is 16.1 Å². The third kappa shape index (κ3) is 2.76. The first-order chi connectivity index (χ1) is 8.47. The van der Waals surface area contributed by atoms with Crippen LogP contribution in [-0.2, 0) is 0 Å². The summed E-state index contributed by atoms with van der Waals surface area (Å²) >= 11 is 9.08. The highest BCUT2D eigenvalue weighted by Gasteiger charge is 2.10. The van der Waals surface area contributed by atoms with Crippen molar-refractivity contribution in [2.75, 3.05) is 5.73 Å². The SMILES string of the molecule is Cc1ccc(Oc2cc(Cl)c(F)cc2N)c(Br)c1. The number of anilines is 1. The predicted molar refractivity (Wildman–Crippen MR) is 74.8 cm³/mol. The Morgan fingerprint density at radius 2 is 1.94 bits per heavy atom. The highest BCUT2D eigenvalue weighted by molar-refractivity contribution is 9.10. The molecule has 0 unspecified atom stereocenters. The molecule has 0 aliphatic carbocycles. The van der Waals surface area contributed by atoms with E-state index >= 15 is 0 Å². The molecule has 2 rings (SSSR count). The van der Waals surface area contributed by atoms with Crippen molar-refractivity contribution in [2.24, 2.45) is 0 Å². The molecule has 2 aromatic carbocycles. The average molecular weight is 331 g/mol. The summed E-state index contributed by atoms with van der Waals surface area (Å²) in [5.41, 5.74) is 6.97. The second-order valence-electron chi connectivity index (χ2n) is 3.84. The lowest BCUT2D eigenvalue weighted by Crippen LogP contribution is -1.94. The van der Waals surface area contributed by atoms with Crippen molar-refractivity contribution in [3.8, 4) is 11.5 Å². The molecule has 2 N–H and O–H groups in total. The zero-order chi connectivity index (χ0) is 13.3. The van der Waals surface area contributed by atoms with Gasteiger partial charge >= 0.3 is 0 Å². The number of halogens is 3. The third-order valence-corrected chi connectivity index (χ3v) is 3.27. The summed E-state index contributed by atoms with van der Waals surface area (Å²) < 4.78 is 19.6. The van der Waals surface area contributed by atoms with Gasteiger partial charge in [0.25, 0.3) is 0 Å². The van der Waals surface area contributed by atoms with Crippen LogP contribution in [-0.4, -0.2) is 0 Å². The number of hydrogen-bond donors (Lipinski definition) is 1. The molecule has 0 aliphatic rings. The highest BCUT2D eigenvalue weighted by Crippen LogP contribution is 2.35. The van der Waals surface area contributed by atoms with Crippen molar-refractivity contribution in [3.63, 3.8) is 0 Å². The lowest BCUT2D eigenvalue weighted by atomic mass is 10.2. The van der Waals surface area contributed by atoms with Crippen molar-refractivity contribution < 1.29 is 9.13 Å². The summed E-state index contributed by atoms with van der Waals surface area (Å²) in [5.74, 6) is 0.352. The maximum atomic E-state index is 13.2. The van der Waals surface area contributed by atoms with Gasteiger partial charge in [-0.1, -0.05) is 17.7 Å². The van der Waals surface area contributed by atoms with Gasteiger partial charge in [-0.15, -0.1) is 0 Å². The van der Waals surface area contributed by atoms with Crippen LogP contribution in [0.25, 0.3) is 0 Å². The van der Waals surface area contributed by atoms with Crippen LogP contribution in [0.2, 0.25) is 5.02 Å². The summed E-state index contributed by atoms with van der Waals surface area (Å²) in [4.78, 5) is 0. The van der Waals surface area contributed by atoms with Gasteiger partial charge < -0.3 is 10.5 Å². The second kappa shape index (κ2) is 5.16. The first-order valence-corrected chi connectivity index (χ1v) is 6.33. The third-order valence-electron chi connectivity index (χ3n) is 2.36. The first kappa shape index (κ1) is 13.2. The predicted octanol–water partition coefficient (Wildman–Crippen LogP) is 4.92. The molecule has 0 saturated heterocycles. The monoisotopic (exact) mass is 329 g/mol. The summed E-state index contributed by atoms with van der Waals surface area (Å²) in [7, 11) is 0. The number of benzene rings is 2. The number of hydrogen-bond acceptors (Lipinski definition) is 2. The van der Waals surface area contributed by atoms with Gasteiger partial charge in [0.15, 0.2) is 5.75 Å². The van der Waals surface area contributed by atoms with Gasteiger partial charge in [-0.25, -0.2) is 4.39 Å². The molecule has 0 amide bonds. The molecule has 0 spiro atoms. The number of nitrogens with two attached hydrogens (primary N) is 1. The van der Waals surface area contributed by atoms with Gasteiger partial charge in [-0.3, -0.25) is 0 Å². The van der Waals surface area contributed by atoms with E-state index in [-0.39, 0.29) is 10.7 Å². The van der Waals surface area contributed by atoms with E-state index in [2.05, 4.69) is 15.9 Å². The Morgan fingerprint density at radius 3 is 2.61 bits per heavy atom. The Balaban J connectivity index is 2.37. The van der Waals surface area contributed by atoms with Crippen molar-refractivity contribution in [3.05, 3.63) is 51.2 Å². The Labute approximate surface area is 118 Å². The molecule has 0 fully saturated rings. The standard InChI is InChI=1S/C13H10BrClFNO/c1-7-2-3-12(8(14)4-7)18-13-5-9(15)10(16)6-11(13)17/h2-6H,17H2,1H3. The molecule has 2 nitrogen and oxygen atoms in total. The van der Waals surface area contributed by atoms with Crippen LogP contribution in [0.3, 0.4) is 0 Å². The summed E-state index contributed by atoms with van der Waals surface area (Å²) in [5, 5.41) is -0.0255. The van der Waals surface area contributed by atoms with Crippen LogP contribution in [0, 0.1) is 12.7 Å². The van der Waals surface area contributed by atoms with Crippen LogP contribution in [0.4, 0.5) is 10.1 Å². The van der Waals surface area contributed by atoms with Crippen LogP contribution in [0.5, 0.6) is 11.5 Å². The van der Waals surface area contributed by atoms with Crippen LogP contribution in [0.1, 0.15) is 5.56 Å². The first-order valence-electron chi connectivity index (χ1n) is 5.16. The molecule has 0 saturated carbocycles. The second-order valence-corrected chi connectivity index (χ2v) is 5.10. The highest BCUT2D eigenvalue weighted by atomic mass is 79.9. The van der Waals surface area contributed by atoms with E-state index in [1.807, 2.05) is 19.1 Å². The summed E-state index contributed by atoms with van der Waals surface area (Å²) in [6.45, 7) is 1.97. The molecule has 0 aromatic heterocycles. The molecule has 0 aliphatic heterocycles. The largest absolute Gasteiger partial charge is 0.454 e. The molecule has 0 bridgehead atoms. The van der Waals surface area contributed by atoms with Crippen LogP contribution < -0.4 is 10.5 Å². The number of rotatable bonds is 2. The average Bonchev–Trinajstić information content (AvgIpc) is 2.29. The Morgan fingerprint density at radius 1 is 1.22 bits per heavy atom. The van der Waals surface area contributed by atoms with E-state index in [1.165, 1.54) is 6.07 Å². The Kier molecular flexibility index (Phi) is 3.78. The van der Waals surface area contributed by atoms with Gasteiger partial charge in [0.1, 0.15) is 11.6 Å². The van der Waals surface area contributed by atoms with Crippen molar-refractivity contribution in [2.45, 2.75) is 6.92 Å². The normalized spacial score (nSPS) is 10.4. The number of aryl methyl sites for hydroxylation is 1. The van der Waals surface area contributed by atoms with Crippen LogP contribution in [0.15, 0.2) is 34.8 Å². The van der Waals surface area contributed by atoms with Gasteiger partial charge in [-0.05, 0) is 40.5 Å². The Bertz CT molecular complexity index is 604. The van der Waals surface area contributed by atoms with E-state index < -0.39 is 5.82 Å². The fourth-order valence-electron chi connectivity index (χ4n) is 1.44.